The second-order valence-corrected chi connectivity index (χ2v) is 5.96. The predicted molar refractivity (Wildman–Crippen MR) is 93.7 cm³/mol. The molecule has 3 nitrogen and oxygen atoms in total. The number of nitrogens with one attached hydrogen (secondary N) is 1. The fourth-order valence-electron chi connectivity index (χ4n) is 1.93. The van der Waals surface area contributed by atoms with Crippen molar-refractivity contribution in [2.75, 3.05) is 5.32 Å². The van der Waals surface area contributed by atoms with Crippen molar-refractivity contribution in [3.63, 3.8) is 0 Å². The highest BCUT2D eigenvalue weighted by molar-refractivity contribution is 14.1. The quantitative estimate of drug-likeness (QED) is 0.769. The maximum Gasteiger partial charge on any atom is 0.265 e. The van der Waals surface area contributed by atoms with Crippen molar-refractivity contribution < 1.29 is 9.53 Å². The van der Waals surface area contributed by atoms with Gasteiger partial charge in [-0.2, -0.15) is 0 Å². The number of hydrogen-bond acceptors (Lipinski definition) is 2. The highest BCUT2D eigenvalue weighted by Crippen LogP contribution is 2.20. The number of aryl methyl sites for hydroxylation is 1. The van der Waals surface area contributed by atoms with Gasteiger partial charge in [0, 0.05) is 9.26 Å². The van der Waals surface area contributed by atoms with Crippen molar-refractivity contribution in [1.29, 1.82) is 0 Å². The molecule has 0 saturated heterocycles. The van der Waals surface area contributed by atoms with Gasteiger partial charge in [0.25, 0.3) is 5.91 Å². The van der Waals surface area contributed by atoms with E-state index in [1.54, 1.807) is 6.92 Å². The number of hydrogen-bond donors (Lipinski definition) is 1. The Balaban J connectivity index is 2.01. The standard InChI is InChI=1S/C17H18INO2/c1-3-13-6-4-5-7-16(13)21-12(2)17(20)19-15-10-8-14(18)9-11-15/h4-12H,3H2,1-2H3,(H,19,20)/t12-/m0/s1. The summed E-state index contributed by atoms with van der Waals surface area (Å²) in [5.41, 5.74) is 1.88. The molecule has 110 valence electrons. The average Bonchev–Trinajstić information content (AvgIpc) is 2.50. The van der Waals surface area contributed by atoms with Gasteiger partial charge >= 0.3 is 0 Å². The number of rotatable bonds is 5. The minimum absolute atomic E-state index is 0.151. The fraction of sp³-hybridized carbons (Fsp3) is 0.235. The number of halogens is 1. The molecule has 0 aliphatic heterocycles. The summed E-state index contributed by atoms with van der Waals surface area (Å²) >= 11 is 2.23. The minimum Gasteiger partial charge on any atom is -0.481 e. The predicted octanol–water partition coefficient (Wildman–Crippen LogP) is 4.26. The fourth-order valence-corrected chi connectivity index (χ4v) is 2.29. The summed E-state index contributed by atoms with van der Waals surface area (Å²) in [6, 6.07) is 15.5. The molecular weight excluding hydrogens is 377 g/mol. The lowest BCUT2D eigenvalue weighted by atomic mass is 10.1. The highest BCUT2D eigenvalue weighted by Gasteiger charge is 2.16. The number of amides is 1. The molecule has 0 bridgehead atoms. The van der Waals surface area contributed by atoms with Crippen LogP contribution >= 0.6 is 22.6 Å². The van der Waals surface area contributed by atoms with E-state index in [4.69, 9.17) is 4.74 Å². The maximum atomic E-state index is 12.2. The first-order valence-corrected chi connectivity index (χ1v) is 7.99. The van der Waals surface area contributed by atoms with Crippen LogP contribution in [0.5, 0.6) is 5.75 Å². The zero-order valence-corrected chi connectivity index (χ0v) is 14.3. The van der Waals surface area contributed by atoms with E-state index in [9.17, 15) is 4.79 Å². The molecule has 1 amide bonds. The van der Waals surface area contributed by atoms with Crippen LogP contribution in [0.3, 0.4) is 0 Å². The van der Waals surface area contributed by atoms with E-state index in [0.717, 1.165) is 27.0 Å². The van der Waals surface area contributed by atoms with E-state index in [1.165, 1.54) is 0 Å². The second kappa shape index (κ2) is 7.45. The third-order valence-electron chi connectivity index (χ3n) is 3.14. The number of para-hydroxylation sites is 1. The van der Waals surface area contributed by atoms with E-state index < -0.39 is 6.10 Å². The number of carbonyl (C=O) groups excluding carboxylic acids is 1. The molecule has 0 aromatic heterocycles. The van der Waals surface area contributed by atoms with Crippen LogP contribution in [0.4, 0.5) is 5.69 Å². The first kappa shape index (κ1) is 15.8. The Morgan fingerprint density at radius 2 is 1.86 bits per heavy atom. The molecule has 0 aliphatic rings. The normalized spacial score (nSPS) is 11.8. The molecule has 0 saturated carbocycles. The zero-order chi connectivity index (χ0) is 15.2. The monoisotopic (exact) mass is 395 g/mol. The van der Waals surface area contributed by atoms with Crippen molar-refractivity contribution >= 4 is 34.2 Å². The zero-order valence-electron chi connectivity index (χ0n) is 12.1. The first-order chi connectivity index (χ1) is 10.1. The molecule has 0 heterocycles. The SMILES string of the molecule is CCc1ccccc1O[C@@H](C)C(=O)Nc1ccc(I)cc1. The van der Waals surface area contributed by atoms with E-state index in [2.05, 4.69) is 34.8 Å². The molecule has 21 heavy (non-hydrogen) atoms. The molecule has 1 atom stereocenters. The van der Waals surface area contributed by atoms with Crippen LogP contribution in [0.1, 0.15) is 19.4 Å². The third-order valence-corrected chi connectivity index (χ3v) is 3.86. The largest absolute Gasteiger partial charge is 0.481 e. The topological polar surface area (TPSA) is 38.3 Å². The first-order valence-electron chi connectivity index (χ1n) is 6.91. The van der Waals surface area contributed by atoms with Crippen molar-refractivity contribution in [1.82, 2.24) is 0 Å². The third kappa shape index (κ3) is 4.46. The molecule has 2 aromatic rings. The Kier molecular flexibility index (Phi) is 5.61. The van der Waals surface area contributed by atoms with Gasteiger partial charge in [-0.25, -0.2) is 0 Å². The Bertz CT molecular complexity index is 610. The highest BCUT2D eigenvalue weighted by atomic mass is 127. The van der Waals surface area contributed by atoms with Gasteiger partial charge in [0.05, 0.1) is 0 Å². The van der Waals surface area contributed by atoms with Gasteiger partial charge in [0.15, 0.2) is 6.10 Å². The summed E-state index contributed by atoms with van der Waals surface area (Å²) < 4.78 is 6.91. The molecule has 2 aromatic carbocycles. The number of carbonyl (C=O) groups is 1. The van der Waals surface area contributed by atoms with Crippen molar-refractivity contribution in [3.8, 4) is 5.75 Å². The summed E-state index contributed by atoms with van der Waals surface area (Å²) in [5, 5.41) is 2.86. The Labute approximate surface area is 138 Å². The Morgan fingerprint density at radius 1 is 1.19 bits per heavy atom. The van der Waals surface area contributed by atoms with Crippen LogP contribution in [0, 0.1) is 3.57 Å². The molecule has 0 aliphatic carbocycles. The van der Waals surface area contributed by atoms with Crippen LogP contribution in [-0.4, -0.2) is 12.0 Å². The van der Waals surface area contributed by atoms with Gasteiger partial charge in [-0.15, -0.1) is 0 Å². The van der Waals surface area contributed by atoms with E-state index >= 15 is 0 Å². The molecule has 0 spiro atoms. The average molecular weight is 395 g/mol. The van der Waals surface area contributed by atoms with Crippen molar-refractivity contribution in [2.24, 2.45) is 0 Å². The van der Waals surface area contributed by atoms with Crippen LogP contribution in [0.25, 0.3) is 0 Å². The number of anilines is 1. The van der Waals surface area contributed by atoms with Crippen LogP contribution in [0.2, 0.25) is 0 Å². The molecule has 0 unspecified atom stereocenters. The Morgan fingerprint density at radius 3 is 2.52 bits per heavy atom. The van der Waals surface area contributed by atoms with Gasteiger partial charge in [-0.05, 0) is 71.8 Å². The van der Waals surface area contributed by atoms with Crippen molar-refractivity contribution in [3.05, 3.63) is 57.7 Å². The van der Waals surface area contributed by atoms with Crippen LogP contribution < -0.4 is 10.1 Å². The van der Waals surface area contributed by atoms with E-state index in [-0.39, 0.29) is 5.91 Å². The molecule has 4 heteroatoms. The number of ether oxygens (including phenoxy) is 1. The summed E-state index contributed by atoms with van der Waals surface area (Å²) in [5.74, 6) is 0.618. The van der Waals surface area contributed by atoms with Crippen molar-refractivity contribution in [2.45, 2.75) is 26.4 Å². The smallest absolute Gasteiger partial charge is 0.265 e. The molecule has 0 fully saturated rings. The molecular formula is C17H18INO2. The lowest BCUT2D eigenvalue weighted by Gasteiger charge is -2.17. The molecule has 1 N–H and O–H groups in total. The lowest BCUT2D eigenvalue weighted by Crippen LogP contribution is -2.30. The van der Waals surface area contributed by atoms with Gasteiger partial charge in [-0.3, -0.25) is 4.79 Å². The summed E-state index contributed by atoms with van der Waals surface area (Å²) in [6.07, 6.45) is 0.332. The molecule has 0 radical (unpaired) electrons. The maximum absolute atomic E-state index is 12.2. The summed E-state index contributed by atoms with van der Waals surface area (Å²) in [7, 11) is 0. The van der Waals surface area contributed by atoms with Gasteiger partial charge < -0.3 is 10.1 Å². The van der Waals surface area contributed by atoms with Gasteiger partial charge in [0.1, 0.15) is 5.75 Å². The lowest BCUT2D eigenvalue weighted by molar-refractivity contribution is -0.122. The van der Waals surface area contributed by atoms with E-state index in [1.807, 2.05) is 48.5 Å². The minimum atomic E-state index is -0.544. The van der Waals surface area contributed by atoms with Crippen LogP contribution in [0.15, 0.2) is 48.5 Å². The Hall–Kier alpha value is -1.56. The summed E-state index contributed by atoms with van der Waals surface area (Å²) in [6.45, 7) is 3.83. The molecule has 2 rings (SSSR count). The van der Waals surface area contributed by atoms with Gasteiger partial charge in [-0.1, -0.05) is 25.1 Å². The number of benzene rings is 2. The summed E-state index contributed by atoms with van der Waals surface area (Å²) in [4.78, 5) is 12.2. The second-order valence-electron chi connectivity index (χ2n) is 4.72. The van der Waals surface area contributed by atoms with E-state index in [0.29, 0.717) is 0 Å². The van der Waals surface area contributed by atoms with Gasteiger partial charge in [0.2, 0.25) is 0 Å². The van der Waals surface area contributed by atoms with Crippen LogP contribution in [-0.2, 0) is 11.2 Å².